The van der Waals surface area contributed by atoms with Crippen LogP contribution in [0.1, 0.15) is 22.3 Å². The maximum Gasteiger partial charge on any atom is 0.126 e. The molecule has 1 aromatic carbocycles. The summed E-state index contributed by atoms with van der Waals surface area (Å²) >= 11 is 9.67. The summed E-state index contributed by atoms with van der Waals surface area (Å²) in [5.74, 6) is 0.946. The van der Waals surface area contributed by atoms with E-state index in [4.69, 9.17) is 16.3 Å². The molecule has 3 heteroatoms. The van der Waals surface area contributed by atoms with Crippen molar-refractivity contribution >= 4 is 27.5 Å². The molecule has 78 valence electrons. The highest BCUT2D eigenvalue weighted by atomic mass is 79.9. The van der Waals surface area contributed by atoms with E-state index < -0.39 is 0 Å². The average molecular weight is 278 g/mol. The minimum atomic E-state index is 0.767. The highest BCUT2D eigenvalue weighted by molar-refractivity contribution is 9.08. The van der Waals surface area contributed by atoms with Crippen molar-refractivity contribution in [3.8, 4) is 5.75 Å². The highest BCUT2D eigenvalue weighted by Gasteiger charge is 2.15. The first-order valence-corrected chi connectivity index (χ1v) is 5.92. The monoisotopic (exact) mass is 276 g/mol. The fourth-order valence-electron chi connectivity index (χ4n) is 1.58. The zero-order valence-corrected chi connectivity index (χ0v) is 11.2. The van der Waals surface area contributed by atoms with E-state index in [0.29, 0.717) is 0 Å². The summed E-state index contributed by atoms with van der Waals surface area (Å²) in [6.07, 6.45) is 0. The van der Waals surface area contributed by atoms with Crippen molar-refractivity contribution in [2.75, 3.05) is 7.11 Å². The third-order valence-electron chi connectivity index (χ3n) is 2.63. The third-order valence-corrected chi connectivity index (χ3v) is 3.75. The predicted molar refractivity (Wildman–Crippen MR) is 64.8 cm³/mol. The molecule has 14 heavy (non-hydrogen) atoms. The fraction of sp³-hybridized carbons (Fsp3) is 0.455. The van der Waals surface area contributed by atoms with Crippen LogP contribution in [-0.4, -0.2) is 7.11 Å². The molecule has 1 rings (SSSR count). The normalized spacial score (nSPS) is 10.4. The number of rotatable bonds is 2. The van der Waals surface area contributed by atoms with E-state index in [2.05, 4.69) is 15.9 Å². The van der Waals surface area contributed by atoms with Gasteiger partial charge in [-0.05, 0) is 37.5 Å². The van der Waals surface area contributed by atoms with Crippen LogP contribution in [0.25, 0.3) is 0 Å². The molecule has 0 N–H and O–H groups in total. The molecule has 0 radical (unpaired) electrons. The Morgan fingerprint density at radius 2 is 1.71 bits per heavy atom. The lowest BCUT2D eigenvalue weighted by Crippen LogP contribution is -1.99. The number of benzene rings is 1. The molecule has 0 heterocycles. The molecular weight excluding hydrogens is 263 g/mol. The summed E-state index contributed by atoms with van der Waals surface area (Å²) in [5.41, 5.74) is 4.47. The molecule has 1 nitrogen and oxygen atoms in total. The van der Waals surface area contributed by atoms with Crippen LogP contribution in [-0.2, 0) is 5.33 Å². The van der Waals surface area contributed by atoms with Crippen LogP contribution in [0, 0.1) is 20.8 Å². The van der Waals surface area contributed by atoms with Crippen LogP contribution in [0.2, 0.25) is 5.02 Å². The first-order valence-electron chi connectivity index (χ1n) is 4.42. The Bertz CT molecular complexity index is 326. The van der Waals surface area contributed by atoms with Crippen LogP contribution in [0.5, 0.6) is 5.75 Å². The predicted octanol–water partition coefficient (Wildman–Crippen LogP) is 4.17. The summed E-state index contributed by atoms with van der Waals surface area (Å²) in [5, 5.41) is 1.61. The van der Waals surface area contributed by atoms with Gasteiger partial charge < -0.3 is 4.74 Å². The quantitative estimate of drug-likeness (QED) is 0.737. The number of hydrogen-bond acceptors (Lipinski definition) is 1. The van der Waals surface area contributed by atoms with Gasteiger partial charge in [-0.2, -0.15) is 0 Å². The molecule has 0 amide bonds. The second-order valence-electron chi connectivity index (χ2n) is 3.33. The van der Waals surface area contributed by atoms with Gasteiger partial charge in [0.2, 0.25) is 0 Å². The minimum absolute atomic E-state index is 0.767. The first kappa shape index (κ1) is 11.9. The molecule has 1 aromatic rings. The van der Waals surface area contributed by atoms with Crippen LogP contribution < -0.4 is 4.74 Å². The summed E-state index contributed by atoms with van der Waals surface area (Å²) in [6.45, 7) is 6.07. The molecular formula is C11H14BrClO. The van der Waals surface area contributed by atoms with Crippen molar-refractivity contribution in [3.05, 3.63) is 27.3 Å². The summed E-state index contributed by atoms with van der Waals surface area (Å²) in [4.78, 5) is 0. The summed E-state index contributed by atoms with van der Waals surface area (Å²) in [6, 6.07) is 0. The lowest BCUT2D eigenvalue weighted by atomic mass is 10.00. The molecule has 0 unspecified atom stereocenters. The standard InChI is InChI=1S/C11H14BrClO/c1-6-7(2)11(14-4)9(5-12)8(3)10(6)13/h5H2,1-4H3. The molecule has 0 aliphatic heterocycles. The lowest BCUT2D eigenvalue weighted by Gasteiger charge is -2.17. The lowest BCUT2D eigenvalue weighted by molar-refractivity contribution is 0.407. The second kappa shape index (κ2) is 4.54. The van der Waals surface area contributed by atoms with Gasteiger partial charge in [-0.3, -0.25) is 0 Å². The molecule has 0 aromatic heterocycles. The Kier molecular flexibility index (Phi) is 3.85. The van der Waals surface area contributed by atoms with Gasteiger partial charge in [-0.25, -0.2) is 0 Å². The third kappa shape index (κ3) is 1.78. The van der Waals surface area contributed by atoms with Gasteiger partial charge in [0.05, 0.1) is 7.11 Å². The Morgan fingerprint density at radius 1 is 1.14 bits per heavy atom. The van der Waals surface area contributed by atoms with Crippen LogP contribution in [0.15, 0.2) is 0 Å². The van der Waals surface area contributed by atoms with Crippen molar-refractivity contribution in [2.24, 2.45) is 0 Å². The fourth-order valence-corrected chi connectivity index (χ4v) is 2.51. The molecule has 0 saturated heterocycles. The van der Waals surface area contributed by atoms with Gasteiger partial charge in [0.15, 0.2) is 0 Å². The number of alkyl halides is 1. The Labute approximate surface area is 98.5 Å². The largest absolute Gasteiger partial charge is 0.496 e. The molecule has 0 aliphatic carbocycles. The summed E-state index contributed by atoms with van der Waals surface area (Å²) < 4.78 is 5.40. The molecule has 0 fully saturated rings. The van der Waals surface area contributed by atoms with E-state index >= 15 is 0 Å². The van der Waals surface area contributed by atoms with Crippen molar-refractivity contribution in [3.63, 3.8) is 0 Å². The van der Waals surface area contributed by atoms with Gasteiger partial charge in [0.1, 0.15) is 5.75 Å². The van der Waals surface area contributed by atoms with E-state index in [9.17, 15) is 0 Å². The smallest absolute Gasteiger partial charge is 0.126 e. The van der Waals surface area contributed by atoms with Crippen molar-refractivity contribution in [2.45, 2.75) is 26.1 Å². The average Bonchev–Trinajstić information content (AvgIpc) is 2.20. The van der Waals surface area contributed by atoms with E-state index in [0.717, 1.165) is 38.4 Å². The van der Waals surface area contributed by atoms with E-state index in [1.807, 2.05) is 20.8 Å². The SMILES string of the molecule is COc1c(C)c(C)c(Cl)c(C)c1CBr. The first-order chi connectivity index (χ1) is 6.54. The Morgan fingerprint density at radius 3 is 2.14 bits per heavy atom. The van der Waals surface area contributed by atoms with Crippen molar-refractivity contribution < 1.29 is 4.74 Å². The zero-order chi connectivity index (χ0) is 10.9. The molecule has 0 atom stereocenters. The van der Waals surface area contributed by atoms with Gasteiger partial charge in [0, 0.05) is 15.9 Å². The molecule has 0 bridgehead atoms. The number of ether oxygens (including phenoxy) is 1. The van der Waals surface area contributed by atoms with Gasteiger partial charge in [-0.1, -0.05) is 27.5 Å². The molecule has 0 saturated carbocycles. The highest BCUT2D eigenvalue weighted by Crippen LogP contribution is 2.36. The Balaban J connectivity index is 3.57. The summed E-state index contributed by atoms with van der Waals surface area (Å²) in [7, 11) is 1.70. The zero-order valence-electron chi connectivity index (χ0n) is 8.87. The van der Waals surface area contributed by atoms with Gasteiger partial charge >= 0.3 is 0 Å². The molecule has 0 spiro atoms. The van der Waals surface area contributed by atoms with E-state index in [1.54, 1.807) is 7.11 Å². The maximum absolute atomic E-state index is 6.22. The number of halogens is 2. The van der Waals surface area contributed by atoms with Crippen molar-refractivity contribution in [1.29, 1.82) is 0 Å². The van der Waals surface area contributed by atoms with Crippen molar-refractivity contribution in [1.82, 2.24) is 0 Å². The topological polar surface area (TPSA) is 9.23 Å². The maximum atomic E-state index is 6.22. The van der Waals surface area contributed by atoms with Gasteiger partial charge in [0.25, 0.3) is 0 Å². The van der Waals surface area contributed by atoms with Crippen LogP contribution in [0.4, 0.5) is 0 Å². The number of hydrogen-bond donors (Lipinski definition) is 0. The van der Waals surface area contributed by atoms with Crippen LogP contribution in [0.3, 0.4) is 0 Å². The van der Waals surface area contributed by atoms with E-state index in [-0.39, 0.29) is 0 Å². The minimum Gasteiger partial charge on any atom is -0.496 e. The second-order valence-corrected chi connectivity index (χ2v) is 4.27. The van der Waals surface area contributed by atoms with Gasteiger partial charge in [-0.15, -0.1) is 0 Å². The van der Waals surface area contributed by atoms with E-state index in [1.165, 1.54) is 0 Å². The Hall–Kier alpha value is -0.210. The van der Waals surface area contributed by atoms with Crippen LogP contribution >= 0.6 is 27.5 Å². The molecule has 0 aliphatic rings. The number of methoxy groups -OCH3 is 1.